The largest absolute Gasteiger partial charge is 0.483 e. The second kappa shape index (κ2) is 12.8. The van der Waals surface area contributed by atoms with Gasteiger partial charge in [0.25, 0.3) is 5.91 Å². The van der Waals surface area contributed by atoms with Crippen molar-refractivity contribution in [2.45, 2.75) is 25.9 Å². The highest BCUT2D eigenvalue weighted by Gasteiger charge is 2.30. The second-order valence-corrected chi connectivity index (χ2v) is 9.34. The van der Waals surface area contributed by atoms with Crippen molar-refractivity contribution in [3.05, 3.63) is 98.4 Å². The van der Waals surface area contributed by atoms with Gasteiger partial charge in [0.1, 0.15) is 11.8 Å². The highest BCUT2D eigenvalue weighted by Crippen LogP contribution is 2.28. The van der Waals surface area contributed by atoms with Crippen molar-refractivity contribution in [1.29, 1.82) is 0 Å². The average Bonchev–Trinajstić information content (AvgIpc) is 2.82. The Labute approximate surface area is 218 Å². The third-order valence-corrected chi connectivity index (χ3v) is 6.24. The fraction of sp³-hybridized carbons (Fsp3) is 0.231. The van der Waals surface area contributed by atoms with Crippen molar-refractivity contribution in [1.82, 2.24) is 10.2 Å². The van der Waals surface area contributed by atoms with Crippen molar-refractivity contribution in [2.75, 3.05) is 13.2 Å². The smallest absolute Gasteiger partial charge is 0.261 e. The fourth-order valence-corrected chi connectivity index (χ4v) is 4.37. The van der Waals surface area contributed by atoms with Crippen LogP contribution in [0.1, 0.15) is 18.1 Å². The van der Waals surface area contributed by atoms with Gasteiger partial charge >= 0.3 is 0 Å². The van der Waals surface area contributed by atoms with Gasteiger partial charge < -0.3 is 15.0 Å². The SMILES string of the molecule is CCNC(=O)C(Cc1ccccc1)N(Cc1ccc(Cl)cc1)C(=O)COc1ccc(Cl)cc1Br. The van der Waals surface area contributed by atoms with Gasteiger partial charge in [-0.2, -0.15) is 0 Å². The molecule has 0 saturated heterocycles. The summed E-state index contributed by atoms with van der Waals surface area (Å²) in [6, 6.07) is 21.2. The van der Waals surface area contributed by atoms with E-state index in [1.165, 1.54) is 0 Å². The molecule has 0 aliphatic rings. The molecule has 1 N–H and O–H groups in total. The molecule has 0 radical (unpaired) electrons. The van der Waals surface area contributed by atoms with E-state index in [0.717, 1.165) is 11.1 Å². The van der Waals surface area contributed by atoms with Gasteiger partial charge in [0.2, 0.25) is 5.91 Å². The quantitative estimate of drug-likeness (QED) is 0.333. The molecule has 0 aliphatic heterocycles. The molecular formula is C26H25BrCl2N2O3. The zero-order valence-corrected chi connectivity index (χ0v) is 21.7. The van der Waals surface area contributed by atoms with E-state index in [4.69, 9.17) is 27.9 Å². The van der Waals surface area contributed by atoms with Gasteiger partial charge in [0.05, 0.1) is 4.47 Å². The molecule has 2 amide bonds. The Kier molecular flexibility index (Phi) is 9.81. The van der Waals surface area contributed by atoms with Crippen LogP contribution in [0.3, 0.4) is 0 Å². The number of benzene rings is 3. The van der Waals surface area contributed by atoms with Crippen LogP contribution in [0, 0.1) is 0 Å². The summed E-state index contributed by atoms with van der Waals surface area (Å²) >= 11 is 15.4. The molecule has 34 heavy (non-hydrogen) atoms. The summed E-state index contributed by atoms with van der Waals surface area (Å²) in [4.78, 5) is 28.1. The lowest BCUT2D eigenvalue weighted by Gasteiger charge is -2.31. The van der Waals surface area contributed by atoms with Gasteiger partial charge in [0.15, 0.2) is 6.61 Å². The highest BCUT2D eigenvalue weighted by atomic mass is 79.9. The van der Waals surface area contributed by atoms with E-state index < -0.39 is 6.04 Å². The zero-order valence-electron chi connectivity index (χ0n) is 18.6. The Bertz CT molecular complexity index is 1110. The fourth-order valence-electron chi connectivity index (χ4n) is 3.45. The number of ether oxygens (including phenoxy) is 1. The monoisotopic (exact) mass is 562 g/mol. The van der Waals surface area contributed by atoms with E-state index in [9.17, 15) is 9.59 Å². The van der Waals surface area contributed by atoms with Crippen molar-refractivity contribution in [3.63, 3.8) is 0 Å². The molecule has 0 spiro atoms. The maximum Gasteiger partial charge on any atom is 0.261 e. The van der Waals surface area contributed by atoms with Crippen molar-refractivity contribution >= 4 is 50.9 Å². The summed E-state index contributed by atoms with van der Waals surface area (Å²) in [6.07, 6.45) is 0.372. The van der Waals surface area contributed by atoms with E-state index in [2.05, 4.69) is 21.2 Å². The first-order valence-electron chi connectivity index (χ1n) is 10.8. The Hall–Kier alpha value is -2.54. The van der Waals surface area contributed by atoms with Crippen LogP contribution in [0.2, 0.25) is 10.0 Å². The number of nitrogens with one attached hydrogen (secondary N) is 1. The summed E-state index contributed by atoms with van der Waals surface area (Å²) in [5.41, 5.74) is 1.81. The topological polar surface area (TPSA) is 58.6 Å². The van der Waals surface area contributed by atoms with Gasteiger partial charge in [-0.15, -0.1) is 0 Å². The maximum absolute atomic E-state index is 13.5. The molecule has 3 rings (SSSR count). The molecule has 5 nitrogen and oxygen atoms in total. The number of rotatable bonds is 10. The van der Waals surface area contributed by atoms with Crippen LogP contribution in [-0.4, -0.2) is 35.9 Å². The summed E-state index contributed by atoms with van der Waals surface area (Å²) in [6.45, 7) is 2.31. The summed E-state index contributed by atoms with van der Waals surface area (Å²) in [7, 11) is 0. The molecule has 0 aromatic heterocycles. The van der Waals surface area contributed by atoms with Gasteiger partial charge in [-0.3, -0.25) is 9.59 Å². The van der Waals surface area contributed by atoms with Gasteiger partial charge in [-0.1, -0.05) is 65.7 Å². The molecule has 0 saturated carbocycles. The van der Waals surface area contributed by atoms with E-state index in [0.29, 0.717) is 33.2 Å². The first-order valence-corrected chi connectivity index (χ1v) is 12.4. The van der Waals surface area contributed by atoms with Crippen LogP contribution in [0.5, 0.6) is 5.75 Å². The highest BCUT2D eigenvalue weighted by molar-refractivity contribution is 9.10. The second-order valence-electron chi connectivity index (χ2n) is 7.61. The summed E-state index contributed by atoms with van der Waals surface area (Å²) in [5.74, 6) is -0.0489. The lowest BCUT2D eigenvalue weighted by atomic mass is 10.0. The maximum atomic E-state index is 13.5. The van der Waals surface area contributed by atoms with Crippen LogP contribution in [-0.2, 0) is 22.6 Å². The lowest BCUT2D eigenvalue weighted by molar-refractivity contribution is -0.142. The van der Waals surface area contributed by atoms with E-state index in [1.807, 2.05) is 49.4 Å². The summed E-state index contributed by atoms with van der Waals surface area (Å²) < 4.78 is 6.42. The van der Waals surface area contributed by atoms with Gasteiger partial charge in [-0.05, 0) is 64.3 Å². The number of carbonyl (C=O) groups is 2. The van der Waals surface area contributed by atoms with Crippen LogP contribution in [0.15, 0.2) is 77.3 Å². The first-order chi connectivity index (χ1) is 16.4. The van der Waals surface area contributed by atoms with Crippen LogP contribution >= 0.6 is 39.1 Å². The number of amides is 2. The third-order valence-electron chi connectivity index (χ3n) is 5.13. The molecular weight excluding hydrogens is 539 g/mol. The van der Waals surface area contributed by atoms with E-state index in [1.54, 1.807) is 35.2 Å². The predicted molar refractivity (Wildman–Crippen MR) is 139 cm³/mol. The van der Waals surface area contributed by atoms with E-state index >= 15 is 0 Å². The predicted octanol–water partition coefficient (Wildman–Crippen LogP) is 5.91. The molecule has 0 fully saturated rings. The standard InChI is InChI=1S/C26H25BrCl2N2O3/c1-2-30-26(33)23(14-18-6-4-3-5-7-18)31(16-19-8-10-20(28)11-9-19)25(32)17-34-24-13-12-21(29)15-22(24)27/h3-13,15,23H,2,14,16-17H2,1H3,(H,30,33). The minimum atomic E-state index is -0.720. The van der Waals surface area contributed by atoms with Gasteiger partial charge in [0, 0.05) is 29.6 Å². The van der Waals surface area contributed by atoms with E-state index in [-0.39, 0.29) is 25.0 Å². The van der Waals surface area contributed by atoms with Crippen molar-refractivity contribution < 1.29 is 14.3 Å². The lowest BCUT2D eigenvalue weighted by Crippen LogP contribution is -2.51. The molecule has 0 bridgehead atoms. The molecule has 1 unspecified atom stereocenters. The molecule has 8 heteroatoms. The molecule has 3 aromatic rings. The van der Waals surface area contributed by atoms with Crippen molar-refractivity contribution in [2.24, 2.45) is 0 Å². The third kappa shape index (κ3) is 7.49. The molecule has 0 heterocycles. The number of likely N-dealkylation sites (N-methyl/N-ethyl adjacent to an activating group) is 1. The minimum absolute atomic E-state index is 0.221. The molecule has 178 valence electrons. The number of halogens is 3. The number of hydrogen-bond acceptors (Lipinski definition) is 3. The Morgan fingerprint density at radius 3 is 2.29 bits per heavy atom. The zero-order chi connectivity index (χ0) is 24.5. The summed E-state index contributed by atoms with van der Waals surface area (Å²) in [5, 5.41) is 4.02. The number of carbonyl (C=O) groups excluding carboxylic acids is 2. The molecule has 3 aromatic carbocycles. The van der Waals surface area contributed by atoms with Crippen LogP contribution in [0.25, 0.3) is 0 Å². The number of hydrogen-bond donors (Lipinski definition) is 1. The minimum Gasteiger partial charge on any atom is -0.483 e. The molecule has 1 atom stereocenters. The van der Waals surface area contributed by atoms with Crippen LogP contribution in [0.4, 0.5) is 0 Å². The molecule has 0 aliphatic carbocycles. The Balaban J connectivity index is 1.89. The Morgan fingerprint density at radius 2 is 1.65 bits per heavy atom. The van der Waals surface area contributed by atoms with Gasteiger partial charge in [-0.25, -0.2) is 0 Å². The van der Waals surface area contributed by atoms with Crippen molar-refractivity contribution in [3.8, 4) is 5.75 Å². The first kappa shape index (κ1) is 26.1. The average molecular weight is 564 g/mol. The normalized spacial score (nSPS) is 11.5. The van der Waals surface area contributed by atoms with Crippen LogP contribution < -0.4 is 10.1 Å². The Morgan fingerprint density at radius 1 is 0.971 bits per heavy atom. The number of nitrogens with zero attached hydrogens (tertiary/aromatic N) is 1.